The first kappa shape index (κ1) is 23.7. The molecule has 3 atom stereocenters. The van der Waals surface area contributed by atoms with E-state index in [1.54, 1.807) is 0 Å². The van der Waals surface area contributed by atoms with Crippen molar-refractivity contribution >= 4 is 35.8 Å². The first-order valence-corrected chi connectivity index (χ1v) is 10.7. The number of nitrogens with one attached hydrogen (secondary N) is 1. The molecule has 3 rings (SSSR count). The van der Waals surface area contributed by atoms with Gasteiger partial charge >= 0.3 is 0 Å². The molecule has 0 radical (unpaired) electrons. The predicted molar refractivity (Wildman–Crippen MR) is 121 cm³/mol. The van der Waals surface area contributed by atoms with Crippen molar-refractivity contribution in [2.75, 3.05) is 52.5 Å². The molecule has 3 heterocycles. The van der Waals surface area contributed by atoms with Gasteiger partial charge in [-0.15, -0.1) is 24.0 Å². The number of morpholine rings is 1. The molecule has 0 aromatic heterocycles. The Morgan fingerprint density at radius 1 is 1.07 bits per heavy atom. The number of amides is 1. The van der Waals surface area contributed by atoms with Crippen LogP contribution in [-0.2, 0) is 14.3 Å². The van der Waals surface area contributed by atoms with Gasteiger partial charge in [-0.1, -0.05) is 6.92 Å². The highest BCUT2D eigenvalue weighted by Crippen LogP contribution is 2.21. The molecule has 0 aromatic rings. The van der Waals surface area contributed by atoms with Gasteiger partial charge in [0.1, 0.15) is 6.10 Å². The molecular formula is C20H37IN4O3. The van der Waals surface area contributed by atoms with E-state index in [1.165, 1.54) is 6.42 Å². The van der Waals surface area contributed by atoms with Crippen molar-refractivity contribution in [3.05, 3.63) is 0 Å². The number of aliphatic imine (C=N–C) groups is 1. The van der Waals surface area contributed by atoms with E-state index in [2.05, 4.69) is 24.1 Å². The van der Waals surface area contributed by atoms with Gasteiger partial charge in [0.25, 0.3) is 0 Å². The summed E-state index contributed by atoms with van der Waals surface area (Å²) in [5.74, 6) is 1.75. The lowest BCUT2D eigenvalue weighted by Crippen LogP contribution is -2.53. The summed E-state index contributed by atoms with van der Waals surface area (Å²) >= 11 is 0. The minimum Gasteiger partial charge on any atom is -0.375 e. The SMILES string of the molecule is CCNC(=NCCC(=O)N1CCCC(C)C1)N1CCOC(C2CCCO2)C1.I. The van der Waals surface area contributed by atoms with Crippen molar-refractivity contribution in [3.63, 3.8) is 0 Å². The molecule has 28 heavy (non-hydrogen) atoms. The molecule has 3 aliphatic rings. The summed E-state index contributed by atoms with van der Waals surface area (Å²) in [6.07, 6.45) is 5.36. The topological polar surface area (TPSA) is 66.4 Å². The number of hydrogen-bond donors (Lipinski definition) is 1. The quantitative estimate of drug-likeness (QED) is 0.350. The van der Waals surface area contributed by atoms with E-state index >= 15 is 0 Å². The number of hydrogen-bond acceptors (Lipinski definition) is 4. The van der Waals surface area contributed by atoms with Crippen LogP contribution in [0.5, 0.6) is 0 Å². The molecule has 3 unspecified atom stereocenters. The molecule has 162 valence electrons. The molecule has 3 aliphatic heterocycles. The van der Waals surface area contributed by atoms with Crippen molar-refractivity contribution in [3.8, 4) is 0 Å². The second-order valence-electron chi connectivity index (χ2n) is 7.98. The maximum atomic E-state index is 12.5. The molecule has 8 heteroatoms. The number of nitrogens with zero attached hydrogens (tertiary/aromatic N) is 3. The fourth-order valence-electron chi connectivity index (χ4n) is 4.25. The Morgan fingerprint density at radius 2 is 1.89 bits per heavy atom. The molecule has 0 aliphatic carbocycles. The Balaban J connectivity index is 0.00000280. The van der Waals surface area contributed by atoms with Crippen LogP contribution in [0.15, 0.2) is 4.99 Å². The number of guanidine groups is 1. The standard InChI is InChI=1S/C20H36N4O3.HI/c1-3-21-20(22-9-8-19(25)23-10-4-6-16(2)14-23)24-11-13-27-18(15-24)17-7-5-12-26-17;/h16-18H,3-15H2,1-2H3,(H,21,22);1H. The monoisotopic (exact) mass is 508 g/mol. The fourth-order valence-corrected chi connectivity index (χ4v) is 4.25. The lowest BCUT2D eigenvalue weighted by molar-refractivity contribution is -0.132. The Kier molecular flexibility index (Phi) is 10.3. The third-order valence-corrected chi connectivity index (χ3v) is 5.70. The minimum atomic E-state index is 0. The number of carbonyl (C=O) groups is 1. The van der Waals surface area contributed by atoms with E-state index < -0.39 is 0 Å². The zero-order chi connectivity index (χ0) is 19.1. The zero-order valence-electron chi connectivity index (χ0n) is 17.4. The molecule has 1 amide bonds. The van der Waals surface area contributed by atoms with Crippen molar-refractivity contribution in [1.29, 1.82) is 0 Å². The van der Waals surface area contributed by atoms with Gasteiger partial charge in [-0.3, -0.25) is 9.79 Å². The van der Waals surface area contributed by atoms with Crippen LogP contribution in [0.4, 0.5) is 0 Å². The number of likely N-dealkylation sites (tertiary alicyclic amines) is 1. The summed E-state index contributed by atoms with van der Waals surface area (Å²) in [5.41, 5.74) is 0. The molecule has 0 spiro atoms. The highest BCUT2D eigenvalue weighted by Gasteiger charge is 2.32. The second-order valence-corrected chi connectivity index (χ2v) is 7.98. The first-order chi connectivity index (χ1) is 13.2. The van der Waals surface area contributed by atoms with Crippen LogP contribution in [0, 0.1) is 5.92 Å². The van der Waals surface area contributed by atoms with Crippen LogP contribution in [0.1, 0.15) is 46.0 Å². The summed E-state index contributed by atoms with van der Waals surface area (Å²) < 4.78 is 11.7. The lowest BCUT2D eigenvalue weighted by Gasteiger charge is -2.37. The highest BCUT2D eigenvalue weighted by atomic mass is 127. The van der Waals surface area contributed by atoms with E-state index in [9.17, 15) is 4.79 Å². The van der Waals surface area contributed by atoms with Gasteiger partial charge in [-0.2, -0.15) is 0 Å². The largest absolute Gasteiger partial charge is 0.375 e. The van der Waals surface area contributed by atoms with Crippen molar-refractivity contribution in [2.24, 2.45) is 10.9 Å². The molecule has 0 aromatic carbocycles. The summed E-state index contributed by atoms with van der Waals surface area (Å²) in [6, 6.07) is 0. The Hall–Kier alpha value is -0.610. The third kappa shape index (κ3) is 6.73. The van der Waals surface area contributed by atoms with E-state index in [0.717, 1.165) is 64.6 Å². The van der Waals surface area contributed by atoms with Crippen molar-refractivity contribution in [1.82, 2.24) is 15.1 Å². The smallest absolute Gasteiger partial charge is 0.224 e. The number of rotatable bonds is 5. The Morgan fingerprint density at radius 3 is 2.61 bits per heavy atom. The molecule has 1 N–H and O–H groups in total. The zero-order valence-corrected chi connectivity index (χ0v) is 19.7. The number of carbonyl (C=O) groups excluding carboxylic acids is 1. The van der Waals surface area contributed by atoms with E-state index in [1.807, 2.05) is 4.90 Å². The molecule has 7 nitrogen and oxygen atoms in total. The molecule has 0 bridgehead atoms. The van der Waals surface area contributed by atoms with Gasteiger partial charge in [0.15, 0.2) is 5.96 Å². The maximum Gasteiger partial charge on any atom is 0.224 e. The van der Waals surface area contributed by atoms with Gasteiger partial charge in [0.2, 0.25) is 5.91 Å². The molecular weight excluding hydrogens is 471 g/mol. The van der Waals surface area contributed by atoms with E-state index in [0.29, 0.717) is 25.5 Å². The highest BCUT2D eigenvalue weighted by molar-refractivity contribution is 14.0. The minimum absolute atomic E-state index is 0. The lowest BCUT2D eigenvalue weighted by atomic mass is 10.00. The van der Waals surface area contributed by atoms with Crippen LogP contribution in [0.25, 0.3) is 0 Å². The molecule has 3 fully saturated rings. The van der Waals surface area contributed by atoms with Crippen LogP contribution < -0.4 is 5.32 Å². The number of piperidine rings is 1. The van der Waals surface area contributed by atoms with Crippen LogP contribution in [-0.4, -0.2) is 86.4 Å². The van der Waals surface area contributed by atoms with Crippen LogP contribution in [0.3, 0.4) is 0 Å². The van der Waals surface area contributed by atoms with Crippen molar-refractivity contribution < 1.29 is 14.3 Å². The summed E-state index contributed by atoms with van der Waals surface area (Å²) in [5, 5.41) is 3.38. The molecule has 3 saturated heterocycles. The van der Waals surface area contributed by atoms with E-state index in [4.69, 9.17) is 14.5 Å². The maximum absolute atomic E-state index is 12.5. The van der Waals surface area contributed by atoms with Crippen molar-refractivity contribution in [2.45, 2.75) is 58.2 Å². The second kappa shape index (κ2) is 12.2. The van der Waals surface area contributed by atoms with Crippen LogP contribution >= 0.6 is 24.0 Å². The number of ether oxygens (including phenoxy) is 2. The summed E-state index contributed by atoms with van der Waals surface area (Å²) in [4.78, 5) is 21.5. The van der Waals surface area contributed by atoms with Gasteiger partial charge in [0.05, 0.1) is 19.3 Å². The average Bonchev–Trinajstić information content (AvgIpc) is 3.22. The normalized spacial score (nSPS) is 28.8. The Labute approximate surface area is 186 Å². The summed E-state index contributed by atoms with van der Waals surface area (Å²) in [6.45, 7) is 10.6. The summed E-state index contributed by atoms with van der Waals surface area (Å²) in [7, 11) is 0. The first-order valence-electron chi connectivity index (χ1n) is 10.7. The van der Waals surface area contributed by atoms with Gasteiger partial charge < -0.3 is 24.6 Å². The third-order valence-electron chi connectivity index (χ3n) is 5.70. The fraction of sp³-hybridized carbons (Fsp3) is 0.900. The average molecular weight is 508 g/mol. The Bertz CT molecular complexity index is 514. The van der Waals surface area contributed by atoms with Gasteiger partial charge in [-0.25, -0.2) is 0 Å². The van der Waals surface area contributed by atoms with Crippen LogP contribution in [0.2, 0.25) is 0 Å². The van der Waals surface area contributed by atoms with E-state index in [-0.39, 0.29) is 42.1 Å². The van der Waals surface area contributed by atoms with Gasteiger partial charge in [-0.05, 0) is 38.5 Å². The van der Waals surface area contributed by atoms with Gasteiger partial charge in [0, 0.05) is 45.8 Å². The molecule has 0 saturated carbocycles. The predicted octanol–water partition coefficient (Wildman–Crippen LogP) is 2.10. The number of halogens is 1.